The van der Waals surface area contributed by atoms with E-state index in [1.807, 2.05) is 0 Å². The highest BCUT2D eigenvalue weighted by atomic mass is 35.5. The van der Waals surface area contributed by atoms with Crippen molar-refractivity contribution in [2.75, 3.05) is 0 Å². The molecule has 2 rings (SSSR count). The summed E-state index contributed by atoms with van der Waals surface area (Å²) >= 11 is 11.5. The van der Waals surface area contributed by atoms with Gasteiger partial charge in [-0.1, -0.05) is 29.3 Å². The molecule has 0 saturated heterocycles. The minimum absolute atomic E-state index is 0.0757. The molecule has 5 heteroatoms. The van der Waals surface area contributed by atoms with Gasteiger partial charge in [0.2, 0.25) is 0 Å². The van der Waals surface area contributed by atoms with E-state index < -0.39 is 0 Å². The molecular weight excluding hydrogens is 235 g/mol. The number of hydrogen-bond acceptors (Lipinski definition) is 3. The van der Waals surface area contributed by atoms with Gasteiger partial charge in [-0.25, -0.2) is 9.97 Å². The summed E-state index contributed by atoms with van der Waals surface area (Å²) in [5, 5.41) is 0.253. The second-order valence-corrected chi connectivity index (χ2v) is 3.75. The molecule has 3 nitrogen and oxygen atoms in total. The van der Waals surface area contributed by atoms with Gasteiger partial charge in [-0.05, 0) is 19.1 Å². The van der Waals surface area contributed by atoms with Crippen molar-refractivity contribution >= 4 is 40.0 Å². The molecule has 2 aromatic rings. The lowest BCUT2D eigenvalue weighted by atomic mass is 10.1. The fraction of sp³-hybridized carbons (Fsp3) is 0.100. The second-order valence-electron chi connectivity index (χ2n) is 3.03. The second kappa shape index (κ2) is 3.76. The Morgan fingerprint density at radius 2 is 1.87 bits per heavy atom. The number of halogens is 2. The van der Waals surface area contributed by atoms with Gasteiger partial charge in [-0.3, -0.25) is 4.79 Å². The first-order valence-corrected chi connectivity index (χ1v) is 4.98. The molecule has 1 aromatic heterocycles. The summed E-state index contributed by atoms with van der Waals surface area (Å²) in [6.45, 7) is 1.47. The number of carbonyl (C=O) groups is 1. The van der Waals surface area contributed by atoms with Crippen molar-refractivity contribution in [2.45, 2.75) is 6.92 Å². The molecule has 15 heavy (non-hydrogen) atoms. The van der Waals surface area contributed by atoms with E-state index in [2.05, 4.69) is 9.97 Å². The van der Waals surface area contributed by atoms with Crippen LogP contribution in [-0.2, 0) is 0 Å². The first-order chi connectivity index (χ1) is 7.09. The fourth-order valence-electron chi connectivity index (χ4n) is 1.32. The van der Waals surface area contributed by atoms with Gasteiger partial charge in [0.05, 0.1) is 5.52 Å². The number of hydrogen-bond donors (Lipinski definition) is 0. The van der Waals surface area contributed by atoms with E-state index >= 15 is 0 Å². The van der Waals surface area contributed by atoms with Gasteiger partial charge in [0.1, 0.15) is 5.52 Å². The first-order valence-electron chi connectivity index (χ1n) is 4.22. The predicted octanol–water partition coefficient (Wildman–Crippen LogP) is 3.14. The normalized spacial score (nSPS) is 10.6. The van der Waals surface area contributed by atoms with Crippen LogP contribution in [0.4, 0.5) is 0 Å². The molecule has 1 heterocycles. The van der Waals surface area contributed by atoms with Crippen molar-refractivity contribution in [3.63, 3.8) is 0 Å². The van der Waals surface area contributed by atoms with Crippen LogP contribution in [0.15, 0.2) is 18.2 Å². The summed E-state index contributed by atoms with van der Waals surface area (Å²) in [6.07, 6.45) is 0. The van der Waals surface area contributed by atoms with E-state index in [9.17, 15) is 4.79 Å². The minimum Gasteiger partial charge on any atom is -0.294 e. The average molecular weight is 241 g/mol. The number of benzene rings is 1. The van der Waals surface area contributed by atoms with Crippen molar-refractivity contribution < 1.29 is 4.79 Å². The number of para-hydroxylation sites is 1. The summed E-state index contributed by atoms with van der Waals surface area (Å²) in [5.74, 6) is -0.0757. The molecule has 0 bridgehead atoms. The number of ketones is 1. The van der Waals surface area contributed by atoms with E-state index in [-0.39, 0.29) is 16.1 Å². The Bertz CT molecular complexity index is 554. The lowest BCUT2D eigenvalue weighted by Crippen LogP contribution is -1.97. The zero-order chi connectivity index (χ0) is 11.0. The number of Topliss-reactive ketones (excluding diaryl/α,β-unsaturated/α-hetero) is 1. The number of nitrogens with zero attached hydrogens (tertiary/aromatic N) is 2. The number of aromatic nitrogens is 2. The predicted molar refractivity (Wildman–Crippen MR) is 59.6 cm³/mol. The van der Waals surface area contributed by atoms with Crippen LogP contribution in [0.1, 0.15) is 17.3 Å². The zero-order valence-corrected chi connectivity index (χ0v) is 9.30. The molecule has 0 spiro atoms. The van der Waals surface area contributed by atoms with Crippen molar-refractivity contribution in [3.8, 4) is 0 Å². The molecule has 1 aromatic carbocycles. The minimum atomic E-state index is -0.0757. The summed E-state index contributed by atoms with van der Waals surface area (Å²) in [7, 11) is 0. The van der Waals surface area contributed by atoms with E-state index in [1.165, 1.54) is 6.92 Å². The monoisotopic (exact) mass is 240 g/mol. The third kappa shape index (κ3) is 1.80. The molecule has 0 unspecified atom stereocenters. The zero-order valence-electron chi connectivity index (χ0n) is 7.79. The average Bonchev–Trinajstić information content (AvgIpc) is 2.18. The molecule has 0 aliphatic rings. The smallest absolute Gasteiger partial charge is 0.167 e. The van der Waals surface area contributed by atoms with Crippen LogP contribution in [-0.4, -0.2) is 15.8 Å². The third-order valence-electron chi connectivity index (χ3n) is 1.99. The van der Waals surface area contributed by atoms with Crippen LogP contribution in [0, 0.1) is 0 Å². The van der Waals surface area contributed by atoms with Gasteiger partial charge in [-0.2, -0.15) is 0 Å². The van der Waals surface area contributed by atoms with E-state index in [0.29, 0.717) is 16.6 Å². The molecule has 0 N–H and O–H groups in total. The maximum Gasteiger partial charge on any atom is 0.167 e. The third-order valence-corrected chi connectivity index (χ3v) is 2.62. The summed E-state index contributed by atoms with van der Waals surface area (Å²) in [4.78, 5) is 19.4. The number of rotatable bonds is 1. The number of carbonyl (C=O) groups excluding carboxylic acids is 1. The molecule has 0 atom stereocenters. The number of fused-ring (bicyclic) bond motifs is 1. The molecule has 0 fully saturated rings. The Balaban J connectivity index is 2.86. The van der Waals surface area contributed by atoms with Crippen LogP contribution in [0.2, 0.25) is 10.3 Å². The highest BCUT2D eigenvalue weighted by molar-refractivity contribution is 6.40. The largest absolute Gasteiger partial charge is 0.294 e. The molecule has 0 aliphatic heterocycles. The van der Waals surface area contributed by atoms with Gasteiger partial charge >= 0.3 is 0 Å². The quantitative estimate of drug-likeness (QED) is 0.720. The van der Waals surface area contributed by atoms with Crippen molar-refractivity contribution in [1.29, 1.82) is 0 Å². The van der Waals surface area contributed by atoms with Crippen molar-refractivity contribution in [2.24, 2.45) is 0 Å². The van der Waals surface area contributed by atoms with Gasteiger partial charge in [0.25, 0.3) is 0 Å². The van der Waals surface area contributed by atoms with E-state index in [0.717, 1.165) is 0 Å². The Labute approximate surface area is 96.1 Å². The summed E-state index contributed by atoms with van der Waals surface area (Å²) in [6, 6.07) is 5.15. The molecular formula is C10H6Cl2N2O. The lowest BCUT2D eigenvalue weighted by Gasteiger charge is -2.02. The Morgan fingerprint density at radius 1 is 1.20 bits per heavy atom. The van der Waals surface area contributed by atoms with Crippen molar-refractivity contribution in [1.82, 2.24) is 9.97 Å². The van der Waals surface area contributed by atoms with Gasteiger partial charge in [0.15, 0.2) is 16.1 Å². The van der Waals surface area contributed by atoms with Crippen LogP contribution >= 0.6 is 23.2 Å². The standard InChI is InChI=1S/C10H6Cl2N2O/c1-5(15)6-3-2-4-7-8(6)14-10(12)9(11)13-7/h2-4H,1H3. The Hall–Kier alpha value is -1.19. The highest BCUT2D eigenvalue weighted by Gasteiger charge is 2.10. The van der Waals surface area contributed by atoms with Crippen LogP contribution < -0.4 is 0 Å². The summed E-state index contributed by atoms with van der Waals surface area (Å²) in [5.41, 5.74) is 1.55. The molecule has 0 amide bonds. The fourth-order valence-corrected chi connectivity index (χ4v) is 1.58. The van der Waals surface area contributed by atoms with E-state index in [1.54, 1.807) is 18.2 Å². The van der Waals surface area contributed by atoms with Crippen LogP contribution in [0.5, 0.6) is 0 Å². The highest BCUT2D eigenvalue weighted by Crippen LogP contribution is 2.23. The first kappa shape index (κ1) is 10.3. The molecule has 76 valence electrons. The SMILES string of the molecule is CC(=O)c1cccc2nc(Cl)c(Cl)nc12. The van der Waals surface area contributed by atoms with Crippen molar-refractivity contribution in [3.05, 3.63) is 34.1 Å². The Kier molecular flexibility index (Phi) is 2.59. The van der Waals surface area contributed by atoms with Crippen LogP contribution in [0.25, 0.3) is 11.0 Å². The molecule has 0 aliphatic carbocycles. The maximum atomic E-state index is 11.3. The molecule has 0 radical (unpaired) electrons. The lowest BCUT2D eigenvalue weighted by molar-refractivity contribution is 0.101. The maximum absolute atomic E-state index is 11.3. The van der Waals surface area contributed by atoms with Crippen LogP contribution in [0.3, 0.4) is 0 Å². The Morgan fingerprint density at radius 3 is 2.53 bits per heavy atom. The summed E-state index contributed by atoms with van der Waals surface area (Å²) < 4.78 is 0. The van der Waals surface area contributed by atoms with Gasteiger partial charge in [-0.15, -0.1) is 0 Å². The molecule has 0 saturated carbocycles. The van der Waals surface area contributed by atoms with E-state index in [4.69, 9.17) is 23.2 Å². The van der Waals surface area contributed by atoms with Gasteiger partial charge in [0, 0.05) is 5.56 Å². The topological polar surface area (TPSA) is 42.9 Å². The van der Waals surface area contributed by atoms with Gasteiger partial charge < -0.3 is 0 Å².